The van der Waals surface area contributed by atoms with Crippen molar-refractivity contribution in [3.05, 3.63) is 71.2 Å². The summed E-state index contributed by atoms with van der Waals surface area (Å²) in [6.45, 7) is 8.50. The monoisotopic (exact) mass is 515 g/mol. The molecule has 10 nitrogen and oxygen atoms in total. The predicted octanol–water partition coefficient (Wildman–Crippen LogP) is 4.75. The summed E-state index contributed by atoms with van der Waals surface area (Å²) >= 11 is 0. The lowest BCUT2D eigenvalue weighted by Gasteiger charge is -2.14. The number of nitrogens with one attached hydrogen (secondary N) is 3. The van der Waals surface area contributed by atoms with E-state index in [4.69, 9.17) is 10.8 Å². The Kier molecular flexibility index (Phi) is 6.14. The summed E-state index contributed by atoms with van der Waals surface area (Å²) in [5.74, 6) is 0.911. The van der Waals surface area contributed by atoms with Gasteiger partial charge in [0.25, 0.3) is 0 Å². The van der Waals surface area contributed by atoms with Gasteiger partial charge in [-0.1, -0.05) is 38.5 Å². The van der Waals surface area contributed by atoms with Crippen LogP contribution < -0.4 is 21.7 Å². The third kappa shape index (κ3) is 4.70. The number of urea groups is 1. The number of aryl methyl sites for hydroxylation is 2. The van der Waals surface area contributed by atoms with Crippen LogP contribution in [0.1, 0.15) is 37.6 Å². The van der Waals surface area contributed by atoms with Gasteiger partial charge in [0.2, 0.25) is 0 Å². The first-order valence-electron chi connectivity index (χ1n) is 12.2. The number of rotatable bonds is 4. The van der Waals surface area contributed by atoms with Crippen LogP contribution in [0.2, 0.25) is 0 Å². The van der Waals surface area contributed by atoms with E-state index in [-0.39, 0.29) is 16.7 Å². The number of carbonyl (C=O) groups is 1. The number of halogens is 1. The SMILES string of the molecule is Cc1ccc(-n2nc(C(C)(C)C)cc2NC(=O)Nc2ccc(-c3nn(C)c4c3C(N)=NCN4)c(F)c2)cc1. The maximum atomic E-state index is 15.2. The van der Waals surface area contributed by atoms with Gasteiger partial charge in [-0.3, -0.25) is 10.00 Å². The zero-order valence-electron chi connectivity index (χ0n) is 21.9. The van der Waals surface area contributed by atoms with Gasteiger partial charge in [0.05, 0.1) is 16.9 Å². The molecular formula is C27H30FN9O. The number of anilines is 3. The van der Waals surface area contributed by atoms with Crippen LogP contribution in [-0.2, 0) is 12.5 Å². The van der Waals surface area contributed by atoms with Crippen molar-refractivity contribution in [2.75, 3.05) is 22.6 Å². The number of aliphatic imine (C=N–C) groups is 1. The Morgan fingerprint density at radius 2 is 1.82 bits per heavy atom. The van der Waals surface area contributed by atoms with Crippen molar-refractivity contribution in [2.24, 2.45) is 17.8 Å². The Balaban J connectivity index is 1.39. The maximum Gasteiger partial charge on any atom is 0.324 e. The second kappa shape index (κ2) is 9.33. The molecule has 0 unspecified atom stereocenters. The fourth-order valence-electron chi connectivity index (χ4n) is 4.22. The number of benzene rings is 2. The van der Waals surface area contributed by atoms with E-state index in [1.165, 1.54) is 6.07 Å². The molecule has 0 spiro atoms. The van der Waals surface area contributed by atoms with Crippen molar-refractivity contribution in [1.29, 1.82) is 0 Å². The van der Waals surface area contributed by atoms with Crippen molar-refractivity contribution in [3.63, 3.8) is 0 Å². The molecular weight excluding hydrogens is 485 g/mol. The highest BCUT2D eigenvalue weighted by Gasteiger charge is 2.25. The Labute approximate surface area is 219 Å². The molecule has 5 N–H and O–H groups in total. The minimum absolute atomic E-state index is 0.226. The van der Waals surface area contributed by atoms with Crippen LogP contribution in [0.4, 0.5) is 26.5 Å². The zero-order valence-corrected chi connectivity index (χ0v) is 21.9. The number of amides is 2. The van der Waals surface area contributed by atoms with E-state index < -0.39 is 11.8 Å². The second-order valence-electron chi connectivity index (χ2n) is 10.3. The van der Waals surface area contributed by atoms with Crippen LogP contribution in [0.25, 0.3) is 16.9 Å². The lowest BCUT2D eigenvalue weighted by Crippen LogP contribution is -2.23. The van der Waals surface area contributed by atoms with E-state index in [2.05, 4.69) is 46.8 Å². The highest BCUT2D eigenvalue weighted by Crippen LogP contribution is 2.33. The lowest BCUT2D eigenvalue weighted by atomic mass is 9.92. The first kappa shape index (κ1) is 25.0. The van der Waals surface area contributed by atoms with E-state index in [0.717, 1.165) is 16.9 Å². The summed E-state index contributed by atoms with van der Waals surface area (Å²) in [6, 6.07) is 13.6. The van der Waals surface area contributed by atoms with Gasteiger partial charge in [-0.25, -0.2) is 18.9 Å². The third-order valence-electron chi connectivity index (χ3n) is 6.28. The fraction of sp³-hybridized carbons (Fsp3) is 0.259. The Hall–Kier alpha value is -4.67. The molecule has 1 aliphatic rings. The van der Waals surface area contributed by atoms with Crippen LogP contribution in [0.15, 0.2) is 53.5 Å². The van der Waals surface area contributed by atoms with E-state index in [1.807, 2.05) is 37.3 Å². The van der Waals surface area contributed by atoms with Gasteiger partial charge < -0.3 is 16.4 Å². The highest BCUT2D eigenvalue weighted by atomic mass is 19.1. The van der Waals surface area contributed by atoms with Crippen LogP contribution >= 0.6 is 0 Å². The van der Waals surface area contributed by atoms with Gasteiger partial charge in [-0.15, -0.1) is 0 Å². The number of hydrogen-bond donors (Lipinski definition) is 4. The van der Waals surface area contributed by atoms with Gasteiger partial charge in [0, 0.05) is 29.8 Å². The number of nitrogens with two attached hydrogens (primary N) is 1. The van der Waals surface area contributed by atoms with Crippen LogP contribution in [0, 0.1) is 12.7 Å². The smallest absolute Gasteiger partial charge is 0.324 e. The average molecular weight is 516 g/mol. The molecule has 2 aromatic heterocycles. The molecule has 0 saturated carbocycles. The summed E-state index contributed by atoms with van der Waals surface area (Å²) in [7, 11) is 1.75. The molecule has 0 atom stereocenters. The number of hydrogen-bond acceptors (Lipinski definition) is 6. The first-order valence-corrected chi connectivity index (χ1v) is 12.2. The molecule has 5 rings (SSSR count). The number of carbonyl (C=O) groups excluding carboxylic acids is 1. The Morgan fingerprint density at radius 1 is 1.08 bits per heavy atom. The van der Waals surface area contributed by atoms with Crippen LogP contribution in [0.3, 0.4) is 0 Å². The van der Waals surface area contributed by atoms with Crippen molar-refractivity contribution >= 4 is 29.2 Å². The van der Waals surface area contributed by atoms with E-state index in [1.54, 1.807) is 28.5 Å². The average Bonchev–Trinajstić information content (AvgIpc) is 3.42. The van der Waals surface area contributed by atoms with Gasteiger partial charge in [-0.05, 0) is 37.3 Å². The normalized spacial score (nSPS) is 12.9. The standard InChI is InChI=1S/C27H30FN9O/c1-15-6-9-17(10-7-15)37-21(13-20(34-37)27(2,3)4)33-26(38)32-16-8-11-18(19(28)12-16)23-22-24(29)30-14-31-25(22)36(5)35-23/h6-13,31H,14H2,1-5H3,(H2,29,30)(H2,32,33,38). The Bertz CT molecular complexity index is 1560. The second-order valence-corrected chi connectivity index (χ2v) is 10.3. The van der Waals surface area contributed by atoms with E-state index in [9.17, 15) is 4.79 Å². The molecule has 2 amide bonds. The number of amidine groups is 1. The summed E-state index contributed by atoms with van der Waals surface area (Å²) in [5.41, 5.74) is 10.1. The van der Waals surface area contributed by atoms with Crippen LogP contribution in [0.5, 0.6) is 0 Å². The molecule has 0 fully saturated rings. The van der Waals surface area contributed by atoms with Gasteiger partial charge in [-0.2, -0.15) is 10.2 Å². The fourth-order valence-corrected chi connectivity index (χ4v) is 4.22. The van der Waals surface area contributed by atoms with Crippen LogP contribution in [-0.4, -0.2) is 38.1 Å². The minimum atomic E-state index is -0.554. The predicted molar refractivity (Wildman–Crippen MR) is 147 cm³/mol. The maximum absolute atomic E-state index is 15.2. The zero-order chi connectivity index (χ0) is 27.2. The quantitative estimate of drug-likeness (QED) is 0.312. The minimum Gasteiger partial charge on any atom is -0.383 e. The van der Waals surface area contributed by atoms with Gasteiger partial charge >= 0.3 is 6.03 Å². The number of aromatic nitrogens is 4. The molecule has 11 heteroatoms. The summed E-state index contributed by atoms with van der Waals surface area (Å²) in [5, 5.41) is 17.8. The topological polar surface area (TPSA) is 127 Å². The lowest BCUT2D eigenvalue weighted by molar-refractivity contribution is 0.262. The molecule has 0 radical (unpaired) electrons. The Morgan fingerprint density at radius 3 is 2.50 bits per heavy atom. The number of nitrogens with zero attached hydrogens (tertiary/aromatic N) is 5. The van der Waals surface area contributed by atoms with Gasteiger partial charge in [0.1, 0.15) is 35.7 Å². The molecule has 0 saturated heterocycles. The van der Waals surface area contributed by atoms with Crippen molar-refractivity contribution < 1.29 is 9.18 Å². The molecule has 4 aromatic rings. The van der Waals surface area contributed by atoms with E-state index in [0.29, 0.717) is 35.4 Å². The first-order chi connectivity index (χ1) is 18.0. The van der Waals surface area contributed by atoms with Crippen molar-refractivity contribution in [1.82, 2.24) is 19.6 Å². The molecule has 2 aromatic carbocycles. The van der Waals surface area contributed by atoms with Gasteiger partial charge in [0.15, 0.2) is 0 Å². The summed E-state index contributed by atoms with van der Waals surface area (Å²) in [6.07, 6.45) is 0. The molecule has 38 heavy (non-hydrogen) atoms. The molecule has 3 heterocycles. The molecule has 0 bridgehead atoms. The van der Waals surface area contributed by atoms with E-state index >= 15 is 4.39 Å². The molecule has 0 aliphatic carbocycles. The molecule has 1 aliphatic heterocycles. The third-order valence-corrected chi connectivity index (χ3v) is 6.28. The highest BCUT2D eigenvalue weighted by molar-refractivity contribution is 6.08. The number of fused-ring (bicyclic) bond motifs is 1. The summed E-state index contributed by atoms with van der Waals surface area (Å²) < 4.78 is 18.5. The van der Waals surface area contributed by atoms with Crippen molar-refractivity contribution in [2.45, 2.75) is 33.1 Å². The van der Waals surface area contributed by atoms with Crippen molar-refractivity contribution in [3.8, 4) is 16.9 Å². The summed E-state index contributed by atoms with van der Waals surface area (Å²) in [4.78, 5) is 17.1. The molecule has 196 valence electrons. The largest absolute Gasteiger partial charge is 0.383 e.